The quantitative estimate of drug-likeness (QED) is 0.101. The Morgan fingerprint density at radius 3 is 2.55 bits per heavy atom. The van der Waals surface area contributed by atoms with Crippen LogP contribution in [0.5, 0.6) is 5.75 Å². The van der Waals surface area contributed by atoms with Crippen LogP contribution in [0.25, 0.3) is 0 Å². The molecule has 0 radical (unpaired) electrons. The van der Waals surface area contributed by atoms with Crippen molar-refractivity contribution in [2.75, 3.05) is 66.4 Å². The minimum atomic E-state index is -4.88. The topological polar surface area (TPSA) is 163 Å². The number of piperazine rings is 1. The molecule has 6 rings (SSSR count). The molecule has 320 valence electrons. The number of nitriles is 1. The van der Waals surface area contributed by atoms with E-state index in [0.717, 1.165) is 11.1 Å². The van der Waals surface area contributed by atoms with E-state index in [4.69, 9.17) is 16.3 Å². The van der Waals surface area contributed by atoms with E-state index < -0.39 is 53.0 Å². The number of anilines is 4. The molecule has 3 aliphatic rings. The highest BCUT2D eigenvalue weighted by Crippen LogP contribution is 2.43. The second-order valence-electron chi connectivity index (χ2n) is 15.3. The maximum absolute atomic E-state index is 13.8. The molecule has 3 aromatic rings. The Hall–Kier alpha value is -5.16. The molecule has 1 aromatic heterocycles. The SMILES string of the molecule is C[C@@H]1CN(CCOc2ccc(N3[C@@H](S)N(c4cnc(C#N)c(C(F)(F)F)c4)C(=O)C3(C)C)cc2CCF)CCN1CC(=O)Nc1cc(Cl)cc(NC2CCC(=O)NC2=O)c1. The van der Waals surface area contributed by atoms with Gasteiger partial charge in [0.05, 0.1) is 30.7 Å². The van der Waals surface area contributed by atoms with Crippen LogP contribution in [0.1, 0.15) is 50.4 Å². The number of carbonyl (C=O) groups excluding carboxylic acids is 4. The molecule has 0 bridgehead atoms. The summed E-state index contributed by atoms with van der Waals surface area (Å²) >= 11 is 10.9. The molecule has 4 heterocycles. The number of imide groups is 1. The third-order valence-electron chi connectivity index (χ3n) is 10.7. The monoisotopic (exact) mass is 873 g/mol. The van der Waals surface area contributed by atoms with Gasteiger partial charge in [-0.1, -0.05) is 11.6 Å². The van der Waals surface area contributed by atoms with Crippen LogP contribution in [-0.4, -0.2) is 108 Å². The third kappa shape index (κ3) is 9.89. The number of aryl methyl sites for hydroxylation is 1. The molecule has 60 heavy (non-hydrogen) atoms. The first kappa shape index (κ1) is 44.4. The number of thiol groups is 1. The van der Waals surface area contributed by atoms with E-state index in [1.807, 2.05) is 6.92 Å². The van der Waals surface area contributed by atoms with Gasteiger partial charge < -0.3 is 20.3 Å². The van der Waals surface area contributed by atoms with Gasteiger partial charge in [-0.05, 0) is 75.2 Å². The van der Waals surface area contributed by atoms with E-state index in [1.54, 1.807) is 55.1 Å². The van der Waals surface area contributed by atoms with Gasteiger partial charge in [0.1, 0.15) is 30.0 Å². The first-order valence-corrected chi connectivity index (χ1v) is 20.1. The van der Waals surface area contributed by atoms with Crippen molar-refractivity contribution in [1.29, 1.82) is 5.26 Å². The van der Waals surface area contributed by atoms with Gasteiger partial charge in [0, 0.05) is 67.1 Å². The van der Waals surface area contributed by atoms with E-state index in [0.29, 0.717) is 72.1 Å². The van der Waals surface area contributed by atoms with Crippen LogP contribution in [0.2, 0.25) is 5.02 Å². The summed E-state index contributed by atoms with van der Waals surface area (Å²) in [6, 6.07) is 11.5. The Morgan fingerprint density at radius 2 is 1.87 bits per heavy atom. The summed E-state index contributed by atoms with van der Waals surface area (Å²) in [6.07, 6.45) is -3.29. The average molecular weight is 874 g/mol. The van der Waals surface area contributed by atoms with Gasteiger partial charge in [-0.15, -0.1) is 12.6 Å². The number of piperidine rings is 1. The van der Waals surface area contributed by atoms with E-state index in [9.17, 15) is 42.0 Å². The van der Waals surface area contributed by atoms with Crippen LogP contribution in [0.3, 0.4) is 0 Å². The summed E-state index contributed by atoms with van der Waals surface area (Å²) in [7, 11) is 0. The smallest absolute Gasteiger partial charge is 0.419 e. The number of alkyl halides is 4. The molecule has 14 nitrogen and oxygen atoms in total. The lowest BCUT2D eigenvalue weighted by molar-refractivity contribution is -0.138. The lowest BCUT2D eigenvalue weighted by Gasteiger charge is -2.39. The Bertz CT molecular complexity index is 2190. The first-order chi connectivity index (χ1) is 28.4. The van der Waals surface area contributed by atoms with E-state index in [-0.39, 0.29) is 49.5 Å². The van der Waals surface area contributed by atoms with Gasteiger partial charge in [-0.25, -0.2) is 4.98 Å². The molecular weight excluding hydrogens is 830 g/mol. The number of ether oxygens (including phenoxy) is 1. The van der Waals surface area contributed by atoms with Crippen molar-refractivity contribution in [1.82, 2.24) is 20.1 Å². The maximum Gasteiger partial charge on any atom is 0.419 e. The zero-order chi connectivity index (χ0) is 43.5. The van der Waals surface area contributed by atoms with Crippen LogP contribution >= 0.6 is 24.2 Å². The van der Waals surface area contributed by atoms with Gasteiger partial charge in [0.2, 0.25) is 17.7 Å². The maximum atomic E-state index is 13.8. The van der Waals surface area contributed by atoms with E-state index in [1.165, 1.54) is 6.07 Å². The van der Waals surface area contributed by atoms with E-state index in [2.05, 4.69) is 43.4 Å². The number of pyridine rings is 1. The number of hydrogen-bond acceptors (Lipinski definition) is 12. The van der Waals surface area contributed by atoms with Crippen molar-refractivity contribution in [3.63, 3.8) is 0 Å². The number of rotatable bonds is 13. The Morgan fingerprint density at radius 1 is 1.12 bits per heavy atom. The molecule has 1 unspecified atom stereocenters. The van der Waals surface area contributed by atoms with Gasteiger partial charge in [0.15, 0.2) is 11.2 Å². The fourth-order valence-electron chi connectivity index (χ4n) is 7.61. The number of aromatic nitrogens is 1. The normalized spacial score (nSPS) is 21.1. The largest absolute Gasteiger partial charge is 0.492 e. The number of hydrogen-bond donors (Lipinski definition) is 4. The summed E-state index contributed by atoms with van der Waals surface area (Å²) in [6.45, 7) is 7.42. The lowest BCUT2D eigenvalue weighted by Crippen LogP contribution is -2.54. The molecule has 2 aromatic carbocycles. The molecule has 3 fully saturated rings. The number of amides is 4. The van der Waals surface area contributed by atoms with Gasteiger partial charge in [-0.3, -0.25) is 43.6 Å². The fourth-order valence-corrected chi connectivity index (χ4v) is 8.51. The Kier molecular flexibility index (Phi) is 13.5. The summed E-state index contributed by atoms with van der Waals surface area (Å²) in [5, 5.41) is 17.8. The number of nitrogens with one attached hydrogen (secondary N) is 3. The Balaban J connectivity index is 1.03. The molecule has 3 atom stereocenters. The Labute approximate surface area is 354 Å². The van der Waals surface area contributed by atoms with Crippen molar-refractivity contribution in [3.8, 4) is 11.8 Å². The fraction of sp³-hybridized carbons (Fsp3) is 0.450. The van der Waals surface area contributed by atoms with Crippen LogP contribution in [0, 0.1) is 11.3 Å². The molecule has 20 heteroatoms. The van der Waals surface area contributed by atoms with Gasteiger partial charge in [-0.2, -0.15) is 18.4 Å². The summed E-state index contributed by atoms with van der Waals surface area (Å²) in [5.74, 6) is -1.09. The highest BCUT2D eigenvalue weighted by Gasteiger charge is 2.52. The molecular formula is C40H44ClF4N9O5S. The molecule has 3 N–H and O–H groups in total. The molecule has 3 saturated heterocycles. The predicted molar refractivity (Wildman–Crippen MR) is 220 cm³/mol. The number of nitrogens with zero attached hydrogens (tertiary/aromatic N) is 6. The highest BCUT2D eigenvalue weighted by atomic mass is 35.5. The van der Waals surface area contributed by atoms with Crippen molar-refractivity contribution < 1.29 is 41.5 Å². The number of halogens is 5. The standard InChI is InChI=1S/C40H44ClF4N9O5S/c1-23-21-51(10-11-52(23)22-35(56)49-27-16-25(41)15-26(17-27)48-31-5-7-34(55)50-36(31)57)12-13-59-33-6-4-28(14-24(33)8-9-42)54-38(60)53(37(58)39(54,2)3)29-18-30(40(43,44)45)32(19-46)47-20-29/h4,6,14-18,20,23,31,38,48,60H,5,7-13,21-22H2,1-3H3,(H,49,56)(H,50,55,57)/t23-,31?,38+/m1/s1. The van der Waals surface area contributed by atoms with Gasteiger partial charge >= 0.3 is 6.18 Å². The van der Waals surface area contributed by atoms with Crippen LogP contribution < -0.4 is 30.5 Å². The molecule has 0 aliphatic carbocycles. The molecule has 0 spiro atoms. The van der Waals surface area contributed by atoms with Crippen molar-refractivity contribution >= 4 is 70.6 Å². The van der Waals surface area contributed by atoms with Crippen LogP contribution in [-0.2, 0) is 31.8 Å². The molecule has 3 aliphatic heterocycles. The minimum absolute atomic E-state index is 0.00540. The minimum Gasteiger partial charge on any atom is -0.492 e. The average Bonchev–Trinajstić information content (AvgIpc) is 3.35. The molecule has 0 saturated carbocycles. The first-order valence-electron chi connectivity index (χ1n) is 19.2. The van der Waals surface area contributed by atoms with Gasteiger partial charge in [0.25, 0.3) is 5.91 Å². The highest BCUT2D eigenvalue weighted by molar-refractivity contribution is 7.81. The molecule has 4 amide bonds. The predicted octanol–water partition coefficient (Wildman–Crippen LogP) is 5.22. The second-order valence-corrected chi connectivity index (χ2v) is 16.2. The van der Waals surface area contributed by atoms with Crippen LogP contribution in [0.15, 0.2) is 48.7 Å². The number of benzene rings is 2. The van der Waals surface area contributed by atoms with Crippen molar-refractivity contribution in [3.05, 3.63) is 70.5 Å². The van der Waals surface area contributed by atoms with Crippen LogP contribution in [0.4, 0.5) is 40.3 Å². The summed E-state index contributed by atoms with van der Waals surface area (Å²) in [5.41, 5.74) is -2.64. The van der Waals surface area contributed by atoms with Crippen molar-refractivity contribution in [2.24, 2.45) is 0 Å². The second kappa shape index (κ2) is 18.2. The van der Waals surface area contributed by atoms with E-state index >= 15 is 0 Å². The third-order valence-corrected chi connectivity index (χ3v) is 11.4. The summed E-state index contributed by atoms with van der Waals surface area (Å²) < 4.78 is 61.3. The summed E-state index contributed by atoms with van der Waals surface area (Å²) in [4.78, 5) is 61.1. The number of carbonyl (C=O) groups is 4. The zero-order valence-electron chi connectivity index (χ0n) is 33.0. The van der Waals surface area contributed by atoms with Crippen molar-refractivity contribution in [2.45, 2.75) is 69.3 Å². The lowest BCUT2D eigenvalue weighted by atomic mass is 10.0. The zero-order valence-corrected chi connectivity index (χ0v) is 34.6.